The van der Waals surface area contributed by atoms with Crippen molar-refractivity contribution in [2.75, 3.05) is 6.54 Å². The molecule has 0 aromatic carbocycles. The fraction of sp³-hybridized carbons (Fsp3) is 0.167. The molecule has 0 radical (unpaired) electrons. The van der Waals surface area contributed by atoms with Crippen LogP contribution in [0.25, 0.3) is 0 Å². The molecule has 0 aliphatic heterocycles. The van der Waals surface area contributed by atoms with Gasteiger partial charge in [-0.3, -0.25) is 9.78 Å². The van der Waals surface area contributed by atoms with Gasteiger partial charge in [0, 0.05) is 24.9 Å². The van der Waals surface area contributed by atoms with Crippen LogP contribution in [0.1, 0.15) is 16.2 Å². The number of pyridine rings is 1. The molecule has 0 saturated heterocycles. The summed E-state index contributed by atoms with van der Waals surface area (Å²) in [7, 11) is 0. The molecule has 0 atom stereocenters. The second kappa shape index (κ2) is 5.63. The zero-order chi connectivity index (χ0) is 12.1. The molecule has 2 aromatic heterocycles. The number of nitrogens with zero attached hydrogens (tertiary/aromatic N) is 1. The summed E-state index contributed by atoms with van der Waals surface area (Å²) in [5, 5.41) is 2.77. The fourth-order valence-electron chi connectivity index (χ4n) is 1.37. The van der Waals surface area contributed by atoms with Gasteiger partial charge in [-0.1, -0.05) is 6.07 Å². The first-order valence-corrected chi connectivity index (χ1v) is 5.98. The van der Waals surface area contributed by atoms with Gasteiger partial charge in [-0.15, -0.1) is 0 Å². The number of hydrogen-bond acceptors (Lipinski definition) is 3. The van der Waals surface area contributed by atoms with Crippen LogP contribution in [0.5, 0.6) is 0 Å². The molecular formula is C12H11BrN2O2. The van der Waals surface area contributed by atoms with E-state index in [2.05, 4.69) is 26.2 Å². The molecular weight excluding hydrogens is 284 g/mol. The van der Waals surface area contributed by atoms with Crippen molar-refractivity contribution >= 4 is 21.8 Å². The second-order valence-corrected chi connectivity index (χ2v) is 4.21. The molecule has 1 N–H and O–H groups in total. The van der Waals surface area contributed by atoms with Crippen LogP contribution in [0.15, 0.2) is 45.6 Å². The molecule has 17 heavy (non-hydrogen) atoms. The number of rotatable bonds is 4. The molecule has 0 saturated carbocycles. The topological polar surface area (TPSA) is 55.1 Å². The number of carbonyl (C=O) groups is 1. The summed E-state index contributed by atoms with van der Waals surface area (Å²) >= 11 is 3.15. The monoisotopic (exact) mass is 294 g/mol. The van der Waals surface area contributed by atoms with Gasteiger partial charge in [-0.25, -0.2) is 0 Å². The Morgan fingerprint density at radius 2 is 2.24 bits per heavy atom. The smallest absolute Gasteiger partial charge is 0.287 e. The van der Waals surface area contributed by atoms with E-state index in [-0.39, 0.29) is 5.91 Å². The van der Waals surface area contributed by atoms with Crippen LogP contribution in [0, 0.1) is 0 Å². The van der Waals surface area contributed by atoms with Gasteiger partial charge in [0.15, 0.2) is 10.4 Å². The Kier molecular flexibility index (Phi) is 3.93. The summed E-state index contributed by atoms with van der Waals surface area (Å²) in [5.74, 6) is 0.0875. The van der Waals surface area contributed by atoms with Crippen molar-refractivity contribution < 1.29 is 9.21 Å². The van der Waals surface area contributed by atoms with Gasteiger partial charge in [0.05, 0.1) is 0 Å². The third-order valence-electron chi connectivity index (χ3n) is 2.19. The molecule has 0 bridgehead atoms. The number of nitrogens with one attached hydrogen (secondary N) is 1. The van der Waals surface area contributed by atoms with Crippen LogP contribution < -0.4 is 5.32 Å². The molecule has 2 rings (SSSR count). The van der Waals surface area contributed by atoms with Crippen molar-refractivity contribution in [1.82, 2.24) is 10.3 Å². The van der Waals surface area contributed by atoms with Crippen molar-refractivity contribution in [2.45, 2.75) is 6.42 Å². The van der Waals surface area contributed by atoms with Crippen LogP contribution in [-0.2, 0) is 6.42 Å². The predicted molar refractivity (Wildman–Crippen MR) is 66.7 cm³/mol. The third-order valence-corrected chi connectivity index (χ3v) is 2.62. The average Bonchev–Trinajstić information content (AvgIpc) is 2.77. The molecule has 0 aliphatic carbocycles. The highest BCUT2D eigenvalue weighted by atomic mass is 79.9. The van der Waals surface area contributed by atoms with E-state index in [9.17, 15) is 4.79 Å². The number of carbonyl (C=O) groups excluding carboxylic acids is 1. The summed E-state index contributed by atoms with van der Waals surface area (Å²) in [6.07, 6.45) is 2.44. The van der Waals surface area contributed by atoms with Crippen molar-refractivity contribution in [3.8, 4) is 0 Å². The molecule has 1 amide bonds. The zero-order valence-electron chi connectivity index (χ0n) is 9.02. The van der Waals surface area contributed by atoms with Gasteiger partial charge in [0.2, 0.25) is 0 Å². The van der Waals surface area contributed by atoms with E-state index in [0.717, 1.165) is 5.69 Å². The van der Waals surface area contributed by atoms with Gasteiger partial charge in [0.1, 0.15) is 0 Å². The summed E-state index contributed by atoms with van der Waals surface area (Å²) in [4.78, 5) is 15.8. The molecule has 0 aliphatic rings. The number of amides is 1. The Labute approximate surface area is 107 Å². The average molecular weight is 295 g/mol. The van der Waals surface area contributed by atoms with Crippen molar-refractivity contribution in [2.24, 2.45) is 0 Å². The van der Waals surface area contributed by atoms with E-state index >= 15 is 0 Å². The highest BCUT2D eigenvalue weighted by molar-refractivity contribution is 9.10. The van der Waals surface area contributed by atoms with Gasteiger partial charge >= 0.3 is 0 Å². The van der Waals surface area contributed by atoms with E-state index in [4.69, 9.17) is 4.42 Å². The molecule has 88 valence electrons. The Morgan fingerprint density at radius 3 is 2.88 bits per heavy atom. The minimum Gasteiger partial charge on any atom is -0.444 e. The summed E-state index contributed by atoms with van der Waals surface area (Å²) in [5.41, 5.74) is 0.952. The van der Waals surface area contributed by atoms with Crippen LogP contribution in [0.4, 0.5) is 0 Å². The highest BCUT2D eigenvalue weighted by Gasteiger charge is 2.09. The quantitative estimate of drug-likeness (QED) is 0.942. The lowest BCUT2D eigenvalue weighted by Gasteiger charge is -2.02. The van der Waals surface area contributed by atoms with E-state index in [1.54, 1.807) is 18.3 Å². The van der Waals surface area contributed by atoms with Gasteiger partial charge in [-0.05, 0) is 40.2 Å². The Balaban J connectivity index is 1.81. The zero-order valence-corrected chi connectivity index (χ0v) is 10.6. The van der Waals surface area contributed by atoms with Gasteiger partial charge < -0.3 is 9.73 Å². The minimum absolute atomic E-state index is 0.216. The Morgan fingerprint density at radius 1 is 1.35 bits per heavy atom. The number of aromatic nitrogens is 1. The molecule has 2 aromatic rings. The minimum atomic E-state index is -0.216. The number of hydrogen-bond donors (Lipinski definition) is 1. The van der Waals surface area contributed by atoms with Gasteiger partial charge in [0.25, 0.3) is 5.91 Å². The Hall–Kier alpha value is -1.62. The second-order valence-electron chi connectivity index (χ2n) is 3.43. The first-order valence-electron chi connectivity index (χ1n) is 5.19. The Bertz CT molecular complexity index is 496. The maximum atomic E-state index is 11.6. The SMILES string of the molecule is O=C(NCCc1ccccn1)c1ccc(Br)o1. The third kappa shape index (κ3) is 3.42. The fourth-order valence-corrected chi connectivity index (χ4v) is 1.68. The maximum Gasteiger partial charge on any atom is 0.287 e. The van der Waals surface area contributed by atoms with E-state index in [1.165, 1.54) is 0 Å². The summed E-state index contributed by atoms with van der Waals surface area (Å²) < 4.78 is 5.69. The summed E-state index contributed by atoms with van der Waals surface area (Å²) in [6, 6.07) is 9.03. The van der Waals surface area contributed by atoms with Crippen molar-refractivity contribution in [1.29, 1.82) is 0 Å². The molecule has 0 fully saturated rings. The van der Waals surface area contributed by atoms with E-state index in [1.807, 2.05) is 18.2 Å². The van der Waals surface area contributed by atoms with Crippen LogP contribution >= 0.6 is 15.9 Å². The van der Waals surface area contributed by atoms with Crippen LogP contribution in [0.2, 0.25) is 0 Å². The lowest BCUT2D eigenvalue weighted by atomic mass is 10.2. The number of halogens is 1. The highest BCUT2D eigenvalue weighted by Crippen LogP contribution is 2.13. The standard InChI is InChI=1S/C12H11BrN2O2/c13-11-5-4-10(17-11)12(16)15-8-6-9-3-1-2-7-14-9/h1-5,7H,6,8H2,(H,15,16). The molecule has 2 heterocycles. The largest absolute Gasteiger partial charge is 0.444 e. The normalized spacial score (nSPS) is 10.2. The molecule has 5 heteroatoms. The van der Waals surface area contributed by atoms with Crippen LogP contribution in [0.3, 0.4) is 0 Å². The summed E-state index contributed by atoms with van der Waals surface area (Å²) in [6.45, 7) is 0.536. The first-order chi connectivity index (χ1) is 8.25. The van der Waals surface area contributed by atoms with Crippen LogP contribution in [-0.4, -0.2) is 17.4 Å². The molecule has 4 nitrogen and oxygen atoms in total. The molecule has 0 spiro atoms. The lowest BCUT2D eigenvalue weighted by Crippen LogP contribution is -2.25. The van der Waals surface area contributed by atoms with Gasteiger partial charge in [-0.2, -0.15) is 0 Å². The van der Waals surface area contributed by atoms with E-state index in [0.29, 0.717) is 23.4 Å². The molecule has 0 unspecified atom stereocenters. The number of furan rings is 1. The predicted octanol–water partition coefficient (Wildman–Crippen LogP) is 2.41. The maximum absolute atomic E-state index is 11.6. The van der Waals surface area contributed by atoms with Crippen molar-refractivity contribution in [3.05, 3.63) is 52.7 Å². The lowest BCUT2D eigenvalue weighted by molar-refractivity contribution is 0.0925. The first kappa shape index (κ1) is 11.9. The van der Waals surface area contributed by atoms with Crippen molar-refractivity contribution in [3.63, 3.8) is 0 Å². The van der Waals surface area contributed by atoms with E-state index < -0.39 is 0 Å².